The molecular formula is C13H24N2O4. The van der Waals surface area contributed by atoms with Crippen molar-refractivity contribution >= 4 is 12.0 Å². The molecular weight excluding hydrogens is 248 g/mol. The molecule has 2 N–H and O–H groups in total. The lowest BCUT2D eigenvalue weighted by atomic mass is 10.2. The predicted octanol–water partition coefficient (Wildman–Crippen LogP) is 1.28. The van der Waals surface area contributed by atoms with Crippen molar-refractivity contribution in [1.82, 2.24) is 4.90 Å². The van der Waals surface area contributed by atoms with E-state index in [1.165, 1.54) is 0 Å². The van der Waals surface area contributed by atoms with Gasteiger partial charge in [0.1, 0.15) is 12.2 Å². The van der Waals surface area contributed by atoms with Gasteiger partial charge in [-0.2, -0.15) is 0 Å². The number of amides is 2. The zero-order valence-electron chi connectivity index (χ0n) is 12.0. The number of carbonyl (C=O) groups is 2. The van der Waals surface area contributed by atoms with Crippen LogP contribution in [-0.2, 0) is 14.3 Å². The van der Waals surface area contributed by atoms with Crippen molar-refractivity contribution in [2.45, 2.75) is 51.7 Å². The molecule has 1 heterocycles. The molecule has 1 fully saturated rings. The standard InChI is InChI=1S/C13H24N2O4/c1-13(2,3)19-12(17)15-7-5-4-6-10(8-15)18-9-11(14)16/h10H,4-9H2,1-3H3,(H2,14,16). The number of ether oxygens (including phenoxy) is 2. The van der Waals surface area contributed by atoms with Crippen molar-refractivity contribution in [3.63, 3.8) is 0 Å². The van der Waals surface area contributed by atoms with Gasteiger partial charge in [-0.3, -0.25) is 4.79 Å². The minimum Gasteiger partial charge on any atom is -0.444 e. The normalized spacial score (nSPS) is 20.8. The minimum atomic E-state index is -0.507. The molecule has 1 saturated heterocycles. The van der Waals surface area contributed by atoms with Crippen LogP contribution in [-0.4, -0.2) is 48.3 Å². The maximum Gasteiger partial charge on any atom is 0.410 e. The fourth-order valence-electron chi connectivity index (χ4n) is 1.93. The molecule has 0 radical (unpaired) electrons. The quantitative estimate of drug-likeness (QED) is 0.839. The number of carbonyl (C=O) groups excluding carboxylic acids is 2. The largest absolute Gasteiger partial charge is 0.444 e. The first kappa shape index (κ1) is 15.8. The predicted molar refractivity (Wildman–Crippen MR) is 70.6 cm³/mol. The van der Waals surface area contributed by atoms with E-state index in [4.69, 9.17) is 15.2 Å². The summed E-state index contributed by atoms with van der Waals surface area (Å²) in [6, 6.07) is 0. The SMILES string of the molecule is CC(C)(C)OC(=O)N1CCCCC(OCC(N)=O)C1. The molecule has 1 aliphatic heterocycles. The van der Waals surface area contributed by atoms with Crippen molar-refractivity contribution in [2.24, 2.45) is 5.73 Å². The summed E-state index contributed by atoms with van der Waals surface area (Å²) in [7, 11) is 0. The van der Waals surface area contributed by atoms with Crippen molar-refractivity contribution in [1.29, 1.82) is 0 Å². The van der Waals surface area contributed by atoms with E-state index in [0.29, 0.717) is 13.1 Å². The van der Waals surface area contributed by atoms with E-state index in [2.05, 4.69) is 0 Å². The monoisotopic (exact) mass is 272 g/mol. The van der Waals surface area contributed by atoms with Crippen molar-refractivity contribution < 1.29 is 19.1 Å². The van der Waals surface area contributed by atoms with E-state index in [1.807, 2.05) is 20.8 Å². The molecule has 6 nitrogen and oxygen atoms in total. The van der Waals surface area contributed by atoms with Gasteiger partial charge in [-0.05, 0) is 40.0 Å². The van der Waals surface area contributed by atoms with Crippen LogP contribution in [0.4, 0.5) is 4.79 Å². The van der Waals surface area contributed by atoms with Crippen LogP contribution >= 0.6 is 0 Å². The molecule has 1 unspecified atom stereocenters. The van der Waals surface area contributed by atoms with Crippen molar-refractivity contribution in [3.8, 4) is 0 Å². The lowest BCUT2D eigenvalue weighted by Gasteiger charge is -2.28. The summed E-state index contributed by atoms with van der Waals surface area (Å²) in [4.78, 5) is 24.4. The average molecular weight is 272 g/mol. The van der Waals surface area contributed by atoms with Crippen LogP contribution in [0.5, 0.6) is 0 Å². The molecule has 1 rings (SSSR count). The van der Waals surface area contributed by atoms with Gasteiger partial charge in [0.2, 0.25) is 5.91 Å². The lowest BCUT2D eigenvalue weighted by molar-refractivity contribution is -0.124. The third-order valence-corrected chi connectivity index (χ3v) is 2.74. The molecule has 6 heteroatoms. The molecule has 0 spiro atoms. The van der Waals surface area contributed by atoms with Crippen LogP contribution < -0.4 is 5.73 Å². The fourth-order valence-corrected chi connectivity index (χ4v) is 1.93. The van der Waals surface area contributed by atoms with E-state index in [9.17, 15) is 9.59 Å². The molecule has 110 valence electrons. The second-order valence-corrected chi connectivity index (χ2v) is 5.82. The number of nitrogens with two attached hydrogens (primary N) is 1. The van der Waals surface area contributed by atoms with Gasteiger partial charge in [0.15, 0.2) is 0 Å². The Morgan fingerprint density at radius 3 is 2.58 bits per heavy atom. The Morgan fingerprint density at radius 1 is 1.32 bits per heavy atom. The molecule has 19 heavy (non-hydrogen) atoms. The molecule has 2 amide bonds. The molecule has 0 aromatic carbocycles. The zero-order valence-corrected chi connectivity index (χ0v) is 12.0. The van der Waals surface area contributed by atoms with Crippen LogP contribution in [0, 0.1) is 0 Å². The highest BCUT2D eigenvalue weighted by molar-refractivity contribution is 5.75. The Bertz CT molecular complexity index is 325. The molecule has 1 aliphatic rings. The van der Waals surface area contributed by atoms with Crippen LogP contribution in [0.25, 0.3) is 0 Å². The van der Waals surface area contributed by atoms with Gasteiger partial charge in [-0.15, -0.1) is 0 Å². The molecule has 0 aliphatic carbocycles. The van der Waals surface area contributed by atoms with Gasteiger partial charge in [0, 0.05) is 6.54 Å². The van der Waals surface area contributed by atoms with E-state index in [0.717, 1.165) is 19.3 Å². The number of hydrogen-bond acceptors (Lipinski definition) is 4. The summed E-state index contributed by atoms with van der Waals surface area (Å²) in [5.74, 6) is -0.493. The highest BCUT2D eigenvalue weighted by Gasteiger charge is 2.26. The smallest absolute Gasteiger partial charge is 0.410 e. The third-order valence-electron chi connectivity index (χ3n) is 2.74. The second kappa shape index (κ2) is 6.75. The van der Waals surface area contributed by atoms with Crippen LogP contribution in [0.2, 0.25) is 0 Å². The summed E-state index contributed by atoms with van der Waals surface area (Å²) in [5.41, 5.74) is 4.55. The van der Waals surface area contributed by atoms with Crippen molar-refractivity contribution in [2.75, 3.05) is 19.7 Å². The first-order valence-electron chi connectivity index (χ1n) is 6.66. The summed E-state index contributed by atoms with van der Waals surface area (Å²) in [6.45, 7) is 6.51. The zero-order chi connectivity index (χ0) is 14.5. The number of nitrogens with zero attached hydrogens (tertiary/aromatic N) is 1. The Labute approximate surface area is 114 Å². The highest BCUT2D eigenvalue weighted by atomic mass is 16.6. The fraction of sp³-hybridized carbons (Fsp3) is 0.846. The maximum absolute atomic E-state index is 12.0. The van der Waals surface area contributed by atoms with Crippen molar-refractivity contribution in [3.05, 3.63) is 0 Å². The third kappa shape index (κ3) is 6.42. The Kier molecular flexibility index (Phi) is 5.60. The summed E-state index contributed by atoms with van der Waals surface area (Å²) < 4.78 is 10.8. The van der Waals surface area contributed by atoms with E-state index in [1.54, 1.807) is 4.90 Å². The van der Waals surface area contributed by atoms with Gasteiger partial charge >= 0.3 is 6.09 Å². The minimum absolute atomic E-state index is 0.104. The summed E-state index contributed by atoms with van der Waals surface area (Å²) in [5, 5.41) is 0. The van der Waals surface area contributed by atoms with Crippen LogP contribution in [0.1, 0.15) is 40.0 Å². The summed E-state index contributed by atoms with van der Waals surface area (Å²) >= 11 is 0. The number of rotatable bonds is 3. The maximum atomic E-state index is 12.0. The lowest BCUT2D eigenvalue weighted by Crippen LogP contribution is -2.41. The highest BCUT2D eigenvalue weighted by Crippen LogP contribution is 2.17. The average Bonchev–Trinajstić information content (AvgIpc) is 2.49. The Balaban J connectivity index is 2.52. The first-order chi connectivity index (χ1) is 8.78. The van der Waals surface area contributed by atoms with E-state index in [-0.39, 0.29) is 18.8 Å². The molecule has 0 bridgehead atoms. The molecule has 0 aromatic rings. The molecule has 1 atom stereocenters. The number of hydrogen-bond donors (Lipinski definition) is 1. The van der Waals surface area contributed by atoms with E-state index >= 15 is 0 Å². The second-order valence-electron chi connectivity index (χ2n) is 5.82. The Hall–Kier alpha value is -1.30. The first-order valence-corrected chi connectivity index (χ1v) is 6.66. The number of likely N-dealkylation sites (tertiary alicyclic amines) is 1. The topological polar surface area (TPSA) is 81.9 Å². The van der Waals surface area contributed by atoms with Crippen LogP contribution in [0.3, 0.4) is 0 Å². The van der Waals surface area contributed by atoms with Crippen LogP contribution in [0.15, 0.2) is 0 Å². The number of primary amides is 1. The Morgan fingerprint density at radius 2 is 2.00 bits per heavy atom. The summed E-state index contributed by atoms with van der Waals surface area (Å²) in [6.07, 6.45) is 2.22. The van der Waals surface area contributed by atoms with E-state index < -0.39 is 11.5 Å². The van der Waals surface area contributed by atoms with Gasteiger partial charge in [-0.1, -0.05) is 0 Å². The van der Waals surface area contributed by atoms with Gasteiger partial charge in [0.25, 0.3) is 0 Å². The van der Waals surface area contributed by atoms with Gasteiger partial charge in [0.05, 0.1) is 12.6 Å². The van der Waals surface area contributed by atoms with Gasteiger partial charge < -0.3 is 20.1 Å². The molecule has 0 aromatic heterocycles. The molecule has 0 saturated carbocycles. The van der Waals surface area contributed by atoms with Gasteiger partial charge in [-0.25, -0.2) is 4.79 Å².